The lowest BCUT2D eigenvalue weighted by atomic mass is 10.0. The summed E-state index contributed by atoms with van der Waals surface area (Å²) in [6, 6.07) is 7.00. The van der Waals surface area contributed by atoms with Gasteiger partial charge in [-0.05, 0) is 23.6 Å². The van der Waals surface area contributed by atoms with E-state index in [4.69, 9.17) is 10.00 Å². The van der Waals surface area contributed by atoms with Gasteiger partial charge in [-0.25, -0.2) is 0 Å². The molecule has 0 saturated heterocycles. The number of rotatable bonds is 5. The molecular formula is C13H14F3NO2. The molecule has 0 N–H and O–H groups in total. The maximum atomic E-state index is 11.7. The fraction of sp³-hybridized carbons (Fsp3) is 0.462. The van der Waals surface area contributed by atoms with Crippen LogP contribution >= 0.6 is 0 Å². The van der Waals surface area contributed by atoms with Gasteiger partial charge in [0.15, 0.2) is 0 Å². The van der Waals surface area contributed by atoms with E-state index in [1.807, 2.05) is 19.9 Å². The zero-order valence-electron chi connectivity index (χ0n) is 10.6. The van der Waals surface area contributed by atoms with Gasteiger partial charge in [0.05, 0.1) is 12.2 Å². The number of hydrogen-bond donors (Lipinski definition) is 0. The molecule has 0 aliphatic heterocycles. The van der Waals surface area contributed by atoms with Gasteiger partial charge in [-0.3, -0.25) is 4.74 Å². The first kappa shape index (κ1) is 15.3. The van der Waals surface area contributed by atoms with Gasteiger partial charge in [-0.1, -0.05) is 19.9 Å². The maximum Gasteiger partial charge on any atom is 0.522 e. The van der Waals surface area contributed by atoms with Crippen LogP contribution in [-0.2, 0) is 4.74 Å². The second-order valence-corrected chi connectivity index (χ2v) is 4.16. The van der Waals surface area contributed by atoms with Crippen molar-refractivity contribution in [2.45, 2.75) is 26.1 Å². The summed E-state index contributed by atoms with van der Waals surface area (Å²) in [5, 5.41) is 8.97. The molecule has 1 rings (SSSR count). The summed E-state index contributed by atoms with van der Waals surface area (Å²) in [7, 11) is 0. The third-order valence-electron chi connectivity index (χ3n) is 2.40. The van der Waals surface area contributed by atoms with Gasteiger partial charge in [-0.15, -0.1) is 13.2 Å². The van der Waals surface area contributed by atoms with Crippen molar-refractivity contribution in [1.29, 1.82) is 5.26 Å². The summed E-state index contributed by atoms with van der Waals surface area (Å²) >= 11 is 0. The lowest BCUT2D eigenvalue weighted by Crippen LogP contribution is -2.18. The van der Waals surface area contributed by atoms with Gasteiger partial charge in [0, 0.05) is 0 Å². The Morgan fingerprint density at radius 2 is 1.95 bits per heavy atom. The van der Waals surface area contributed by atoms with Crippen LogP contribution in [0.15, 0.2) is 18.2 Å². The van der Waals surface area contributed by atoms with E-state index in [2.05, 4.69) is 4.74 Å². The molecular weight excluding hydrogens is 259 g/mol. The van der Waals surface area contributed by atoms with E-state index in [1.54, 1.807) is 18.2 Å². The quantitative estimate of drug-likeness (QED) is 0.770. The number of hydrogen-bond acceptors (Lipinski definition) is 3. The molecule has 19 heavy (non-hydrogen) atoms. The minimum absolute atomic E-state index is 0.259. The van der Waals surface area contributed by atoms with Gasteiger partial charge in [-0.2, -0.15) is 5.26 Å². The molecule has 0 heterocycles. The maximum absolute atomic E-state index is 11.7. The Balaban J connectivity index is 2.62. The smallest absolute Gasteiger partial charge is 0.490 e. The first-order valence-electron chi connectivity index (χ1n) is 5.71. The highest BCUT2D eigenvalue weighted by molar-refractivity contribution is 5.46. The zero-order chi connectivity index (χ0) is 14.5. The molecule has 0 amide bonds. The molecule has 1 aromatic rings. The number of ether oxygens (including phenoxy) is 2. The van der Waals surface area contributed by atoms with Crippen molar-refractivity contribution in [3.63, 3.8) is 0 Å². The fourth-order valence-electron chi connectivity index (χ4n) is 1.43. The average molecular weight is 273 g/mol. The summed E-state index contributed by atoms with van der Waals surface area (Å²) < 4.78 is 43.9. The molecule has 1 aromatic carbocycles. The Kier molecular flexibility index (Phi) is 5.19. The van der Waals surface area contributed by atoms with Crippen molar-refractivity contribution in [2.24, 2.45) is 0 Å². The minimum Gasteiger partial charge on any atom is -0.490 e. The standard InChI is InChI=1S/C13H14F3NO2/c1-9(2)10-3-4-12(11(7-10)8-17)18-5-6-19-13(14,15)16/h3-4,7,9H,5-6H2,1-2H3. The Morgan fingerprint density at radius 3 is 2.47 bits per heavy atom. The van der Waals surface area contributed by atoms with Crippen LogP contribution in [0.4, 0.5) is 13.2 Å². The average Bonchev–Trinajstić information content (AvgIpc) is 2.33. The van der Waals surface area contributed by atoms with Gasteiger partial charge in [0.25, 0.3) is 0 Å². The van der Waals surface area contributed by atoms with Crippen LogP contribution in [0.2, 0.25) is 0 Å². The van der Waals surface area contributed by atoms with Crippen molar-refractivity contribution in [3.8, 4) is 11.8 Å². The molecule has 3 nitrogen and oxygen atoms in total. The Hall–Kier alpha value is -1.74. The van der Waals surface area contributed by atoms with Crippen LogP contribution in [0.1, 0.15) is 30.9 Å². The molecule has 0 radical (unpaired) electrons. The fourth-order valence-corrected chi connectivity index (χ4v) is 1.43. The van der Waals surface area contributed by atoms with E-state index in [-0.39, 0.29) is 18.3 Å². The highest BCUT2D eigenvalue weighted by atomic mass is 19.4. The molecule has 0 aliphatic carbocycles. The molecule has 0 atom stereocenters. The first-order chi connectivity index (χ1) is 8.83. The Morgan fingerprint density at radius 1 is 1.26 bits per heavy atom. The van der Waals surface area contributed by atoms with Gasteiger partial charge in [0.1, 0.15) is 18.4 Å². The predicted octanol–water partition coefficient (Wildman–Crippen LogP) is 3.60. The topological polar surface area (TPSA) is 42.2 Å². The van der Waals surface area contributed by atoms with Crippen LogP contribution in [0.5, 0.6) is 5.75 Å². The molecule has 0 spiro atoms. The largest absolute Gasteiger partial charge is 0.522 e. The van der Waals surface area contributed by atoms with Crippen molar-refractivity contribution < 1.29 is 22.6 Å². The molecule has 104 valence electrons. The van der Waals surface area contributed by atoms with Crippen LogP contribution in [-0.4, -0.2) is 19.6 Å². The highest BCUT2D eigenvalue weighted by Crippen LogP contribution is 2.24. The summed E-state index contributed by atoms with van der Waals surface area (Å²) in [5.74, 6) is 0.521. The van der Waals surface area contributed by atoms with E-state index in [9.17, 15) is 13.2 Å². The third kappa shape index (κ3) is 5.18. The normalized spacial score (nSPS) is 11.4. The monoisotopic (exact) mass is 273 g/mol. The number of nitrogens with zero attached hydrogens (tertiary/aromatic N) is 1. The van der Waals surface area contributed by atoms with E-state index in [0.29, 0.717) is 5.56 Å². The highest BCUT2D eigenvalue weighted by Gasteiger charge is 2.28. The number of alkyl halides is 3. The van der Waals surface area contributed by atoms with Gasteiger partial charge in [0.2, 0.25) is 0 Å². The second-order valence-electron chi connectivity index (χ2n) is 4.16. The van der Waals surface area contributed by atoms with Crippen LogP contribution in [0.3, 0.4) is 0 Å². The van der Waals surface area contributed by atoms with Crippen molar-refractivity contribution >= 4 is 0 Å². The lowest BCUT2D eigenvalue weighted by Gasteiger charge is -2.12. The van der Waals surface area contributed by atoms with Crippen molar-refractivity contribution in [1.82, 2.24) is 0 Å². The van der Waals surface area contributed by atoms with E-state index in [0.717, 1.165) is 5.56 Å². The summed E-state index contributed by atoms with van der Waals surface area (Å²) in [6.07, 6.45) is -4.66. The summed E-state index contributed by atoms with van der Waals surface area (Å²) in [5.41, 5.74) is 1.27. The van der Waals surface area contributed by atoms with Crippen LogP contribution in [0.25, 0.3) is 0 Å². The zero-order valence-corrected chi connectivity index (χ0v) is 10.6. The molecule has 0 unspecified atom stereocenters. The number of benzene rings is 1. The third-order valence-corrected chi connectivity index (χ3v) is 2.40. The molecule has 0 saturated carbocycles. The Labute approximate surface area is 109 Å². The van der Waals surface area contributed by atoms with E-state index in [1.165, 1.54) is 0 Å². The summed E-state index contributed by atoms with van der Waals surface area (Å²) in [4.78, 5) is 0. The van der Waals surface area contributed by atoms with Crippen molar-refractivity contribution in [2.75, 3.05) is 13.2 Å². The molecule has 6 heteroatoms. The minimum atomic E-state index is -4.66. The van der Waals surface area contributed by atoms with Gasteiger partial charge < -0.3 is 4.74 Å². The number of nitriles is 1. The molecule has 0 aliphatic rings. The predicted molar refractivity (Wildman–Crippen MR) is 62.7 cm³/mol. The SMILES string of the molecule is CC(C)c1ccc(OCCOC(F)(F)F)c(C#N)c1. The number of halogens is 3. The van der Waals surface area contributed by atoms with E-state index < -0.39 is 13.0 Å². The van der Waals surface area contributed by atoms with Gasteiger partial charge >= 0.3 is 6.36 Å². The van der Waals surface area contributed by atoms with E-state index >= 15 is 0 Å². The lowest BCUT2D eigenvalue weighted by molar-refractivity contribution is -0.325. The second kappa shape index (κ2) is 6.43. The van der Waals surface area contributed by atoms with Crippen molar-refractivity contribution in [3.05, 3.63) is 29.3 Å². The molecule has 0 aromatic heterocycles. The van der Waals surface area contributed by atoms with Crippen LogP contribution in [0, 0.1) is 11.3 Å². The molecule has 0 fully saturated rings. The first-order valence-corrected chi connectivity index (χ1v) is 5.71. The Bertz CT molecular complexity index is 464. The van der Waals surface area contributed by atoms with Crippen LogP contribution < -0.4 is 4.74 Å². The summed E-state index contributed by atoms with van der Waals surface area (Å²) in [6.45, 7) is 3.08. The molecule has 0 bridgehead atoms.